The van der Waals surface area contributed by atoms with Gasteiger partial charge in [0.25, 0.3) is 5.91 Å². The molecule has 0 atom stereocenters. The van der Waals surface area contributed by atoms with Crippen molar-refractivity contribution in [2.45, 2.75) is 32.1 Å². The Labute approximate surface area is 209 Å². The molecular formula is C26H28N2O4S2. The predicted octanol–water partition coefficient (Wildman–Crippen LogP) is 4.59. The van der Waals surface area contributed by atoms with Gasteiger partial charge in [-0.15, -0.1) is 0 Å². The summed E-state index contributed by atoms with van der Waals surface area (Å²) < 4.78 is 5.24. The Kier molecular flexibility index (Phi) is 9.85. The third-order valence-corrected chi connectivity index (χ3v) is 6.75. The Morgan fingerprint density at radius 2 is 1.79 bits per heavy atom. The summed E-state index contributed by atoms with van der Waals surface area (Å²) in [6.45, 7) is 1.18. The number of nitrogens with zero attached hydrogens (tertiary/aromatic N) is 1. The predicted molar refractivity (Wildman–Crippen MR) is 139 cm³/mol. The molecule has 2 aromatic carbocycles. The normalized spacial score (nSPS) is 14.5. The summed E-state index contributed by atoms with van der Waals surface area (Å²) in [6.07, 6.45) is 5.48. The highest BCUT2D eigenvalue weighted by atomic mass is 32.2. The van der Waals surface area contributed by atoms with Crippen molar-refractivity contribution < 1.29 is 19.1 Å². The smallest absolute Gasteiger partial charge is 0.337 e. The van der Waals surface area contributed by atoms with E-state index in [2.05, 4.69) is 17.4 Å². The summed E-state index contributed by atoms with van der Waals surface area (Å²) in [5, 5.41) is 2.96. The maximum Gasteiger partial charge on any atom is 0.337 e. The Morgan fingerprint density at radius 1 is 1.06 bits per heavy atom. The fourth-order valence-electron chi connectivity index (χ4n) is 3.49. The van der Waals surface area contributed by atoms with Crippen LogP contribution in [0.3, 0.4) is 0 Å². The van der Waals surface area contributed by atoms with E-state index < -0.39 is 5.97 Å². The number of nitrogens with one attached hydrogen (secondary N) is 1. The molecule has 1 fully saturated rings. The van der Waals surface area contributed by atoms with Gasteiger partial charge in [-0.05, 0) is 48.6 Å². The number of amides is 2. The van der Waals surface area contributed by atoms with E-state index in [4.69, 9.17) is 17.0 Å². The van der Waals surface area contributed by atoms with Gasteiger partial charge in [0, 0.05) is 19.5 Å². The molecule has 2 amide bonds. The lowest BCUT2D eigenvalue weighted by atomic mass is 10.1. The molecule has 1 heterocycles. The minimum Gasteiger partial charge on any atom is -0.465 e. The Morgan fingerprint density at radius 3 is 2.50 bits per heavy atom. The van der Waals surface area contributed by atoms with Gasteiger partial charge < -0.3 is 10.1 Å². The largest absolute Gasteiger partial charge is 0.465 e. The fourth-order valence-corrected chi connectivity index (χ4v) is 4.80. The first-order valence-electron chi connectivity index (χ1n) is 11.2. The first-order chi connectivity index (χ1) is 16.5. The third-order valence-electron chi connectivity index (χ3n) is 5.37. The van der Waals surface area contributed by atoms with Gasteiger partial charge in [-0.1, -0.05) is 72.9 Å². The van der Waals surface area contributed by atoms with Gasteiger partial charge in [-0.25, -0.2) is 4.79 Å². The van der Waals surface area contributed by atoms with Crippen molar-refractivity contribution in [3.05, 3.63) is 76.2 Å². The van der Waals surface area contributed by atoms with Gasteiger partial charge in [0.1, 0.15) is 4.32 Å². The summed E-state index contributed by atoms with van der Waals surface area (Å²) in [7, 11) is 1.34. The number of hydrogen-bond donors (Lipinski definition) is 1. The lowest BCUT2D eigenvalue weighted by Crippen LogP contribution is -2.29. The van der Waals surface area contributed by atoms with Gasteiger partial charge in [-0.2, -0.15) is 0 Å². The first kappa shape index (κ1) is 25.6. The number of thiocarbonyl (C=S) groups is 1. The quantitative estimate of drug-likeness (QED) is 0.212. The molecule has 0 saturated carbocycles. The lowest BCUT2D eigenvalue weighted by molar-refractivity contribution is -0.122. The zero-order valence-corrected chi connectivity index (χ0v) is 20.8. The van der Waals surface area contributed by atoms with E-state index in [1.54, 1.807) is 35.2 Å². The molecule has 6 nitrogen and oxygen atoms in total. The maximum atomic E-state index is 12.8. The highest BCUT2D eigenvalue weighted by molar-refractivity contribution is 8.26. The Balaban J connectivity index is 1.37. The third kappa shape index (κ3) is 7.53. The van der Waals surface area contributed by atoms with Gasteiger partial charge in [0.15, 0.2) is 0 Å². The number of benzene rings is 2. The van der Waals surface area contributed by atoms with E-state index >= 15 is 0 Å². The number of carbonyl (C=O) groups excluding carboxylic acids is 3. The molecule has 1 aliphatic heterocycles. The summed E-state index contributed by atoms with van der Waals surface area (Å²) in [6, 6.07) is 16.9. The number of rotatable bonds is 11. The second-order valence-corrected chi connectivity index (χ2v) is 9.52. The number of ether oxygens (including phenoxy) is 1. The van der Waals surface area contributed by atoms with Crippen molar-refractivity contribution in [2.75, 3.05) is 20.2 Å². The monoisotopic (exact) mass is 496 g/mol. The van der Waals surface area contributed by atoms with E-state index in [1.807, 2.05) is 18.2 Å². The summed E-state index contributed by atoms with van der Waals surface area (Å²) in [5.74, 6) is -0.448. The van der Waals surface area contributed by atoms with Crippen LogP contribution >= 0.6 is 24.0 Å². The summed E-state index contributed by atoms with van der Waals surface area (Å²) in [5.41, 5.74) is 2.47. The lowest BCUT2D eigenvalue weighted by Gasteiger charge is -2.14. The molecule has 178 valence electrons. The van der Waals surface area contributed by atoms with E-state index in [1.165, 1.54) is 24.4 Å². The van der Waals surface area contributed by atoms with Gasteiger partial charge >= 0.3 is 5.97 Å². The van der Waals surface area contributed by atoms with Crippen LogP contribution in [0.25, 0.3) is 6.08 Å². The number of thioether (sulfide) groups is 1. The molecule has 2 aromatic rings. The van der Waals surface area contributed by atoms with E-state index in [0.29, 0.717) is 34.3 Å². The molecule has 1 saturated heterocycles. The number of unbranched alkanes of at least 4 members (excludes halogenated alkanes) is 2. The van der Waals surface area contributed by atoms with E-state index in [0.717, 1.165) is 31.2 Å². The SMILES string of the molecule is COC(=O)c1ccc(C=C2SC(=S)N(CCCCCC(=O)NCCc3ccccc3)C2=O)cc1. The van der Waals surface area contributed by atoms with Crippen LogP contribution in [0.1, 0.15) is 47.2 Å². The van der Waals surface area contributed by atoms with Gasteiger partial charge in [-0.3, -0.25) is 14.5 Å². The highest BCUT2D eigenvalue weighted by Crippen LogP contribution is 2.32. The average Bonchev–Trinajstić information content (AvgIpc) is 3.11. The molecule has 0 spiro atoms. The molecule has 0 aromatic heterocycles. The Hall–Kier alpha value is -2.97. The average molecular weight is 497 g/mol. The van der Waals surface area contributed by atoms with Crippen molar-refractivity contribution >= 4 is 52.2 Å². The van der Waals surface area contributed by atoms with Crippen molar-refractivity contribution in [1.82, 2.24) is 10.2 Å². The summed E-state index contributed by atoms with van der Waals surface area (Å²) >= 11 is 6.67. The van der Waals surface area contributed by atoms with Crippen molar-refractivity contribution in [3.63, 3.8) is 0 Å². The Bertz CT molecular complexity index is 1050. The van der Waals surface area contributed by atoms with E-state index in [-0.39, 0.29) is 11.8 Å². The molecule has 0 bridgehead atoms. The second-order valence-electron chi connectivity index (χ2n) is 7.84. The maximum absolute atomic E-state index is 12.8. The van der Waals surface area contributed by atoms with Crippen molar-refractivity contribution in [1.29, 1.82) is 0 Å². The molecule has 1 N–H and O–H groups in total. The highest BCUT2D eigenvalue weighted by Gasteiger charge is 2.31. The first-order valence-corrected chi connectivity index (χ1v) is 12.4. The molecule has 8 heteroatoms. The van der Waals surface area contributed by atoms with Crippen LogP contribution in [0.5, 0.6) is 0 Å². The van der Waals surface area contributed by atoms with Crippen LogP contribution in [0, 0.1) is 0 Å². The van der Waals surface area contributed by atoms with Crippen molar-refractivity contribution in [2.24, 2.45) is 0 Å². The number of hydrogen-bond acceptors (Lipinski definition) is 6. The van der Waals surface area contributed by atoms with Gasteiger partial charge in [0.05, 0.1) is 17.6 Å². The van der Waals surface area contributed by atoms with Crippen LogP contribution in [0.15, 0.2) is 59.5 Å². The topological polar surface area (TPSA) is 75.7 Å². The molecule has 1 aliphatic rings. The molecule has 0 aliphatic carbocycles. The van der Waals surface area contributed by atoms with Crippen LogP contribution in [-0.2, 0) is 20.7 Å². The molecular weight excluding hydrogens is 468 g/mol. The minimum absolute atomic E-state index is 0.0580. The molecule has 3 rings (SSSR count). The van der Waals surface area contributed by atoms with Crippen LogP contribution in [-0.4, -0.2) is 47.2 Å². The number of methoxy groups -OCH3 is 1. The van der Waals surface area contributed by atoms with Gasteiger partial charge in [0.2, 0.25) is 5.91 Å². The zero-order chi connectivity index (χ0) is 24.3. The van der Waals surface area contributed by atoms with Crippen LogP contribution in [0.2, 0.25) is 0 Å². The summed E-state index contributed by atoms with van der Waals surface area (Å²) in [4.78, 5) is 38.5. The molecule has 0 unspecified atom stereocenters. The van der Waals surface area contributed by atoms with Crippen molar-refractivity contribution in [3.8, 4) is 0 Å². The fraction of sp³-hybridized carbons (Fsp3) is 0.308. The minimum atomic E-state index is -0.400. The number of esters is 1. The number of carbonyl (C=O) groups is 3. The van der Waals surface area contributed by atoms with E-state index in [9.17, 15) is 14.4 Å². The second kappa shape index (κ2) is 13.1. The zero-order valence-electron chi connectivity index (χ0n) is 19.1. The van der Waals surface area contributed by atoms with Crippen LogP contribution in [0.4, 0.5) is 0 Å². The van der Waals surface area contributed by atoms with Crippen LogP contribution < -0.4 is 5.32 Å². The standard InChI is InChI=1S/C26H28N2O4S2/c1-32-25(31)21-13-11-20(12-14-21)18-22-24(30)28(26(33)34-22)17-7-3-6-10-23(29)27-16-15-19-8-4-2-5-9-19/h2,4-5,8-9,11-14,18H,3,6-7,10,15-17H2,1H3,(H,27,29). The molecule has 0 radical (unpaired) electrons. The molecule has 34 heavy (non-hydrogen) atoms.